The van der Waals surface area contributed by atoms with Crippen molar-refractivity contribution >= 4 is 51.9 Å². The molecule has 10 heteroatoms. The fraction of sp³-hybridized carbons (Fsp3) is 0.0833. The van der Waals surface area contributed by atoms with Crippen molar-refractivity contribution < 1.29 is 24.0 Å². The summed E-state index contributed by atoms with van der Waals surface area (Å²) >= 11 is 2.07. The number of hydrogen-bond acceptors (Lipinski definition) is 6. The zero-order chi connectivity index (χ0) is 24.2. The lowest BCUT2D eigenvalue weighted by Crippen LogP contribution is -2.35. The normalized spacial score (nSPS) is 14.3. The van der Waals surface area contributed by atoms with Crippen LogP contribution in [0.1, 0.15) is 11.1 Å². The third kappa shape index (κ3) is 4.86. The van der Waals surface area contributed by atoms with Crippen molar-refractivity contribution in [1.82, 2.24) is 5.43 Å². The Balaban J connectivity index is 1.58. The van der Waals surface area contributed by atoms with E-state index in [1.165, 1.54) is 30.3 Å². The number of para-hydroxylation sites is 1. The molecule has 0 unspecified atom stereocenters. The smallest absolute Gasteiger partial charge is 0.282 e. The third-order valence-corrected chi connectivity index (χ3v) is 5.77. The van der Waals surface area contributed by atoms with Gasteiger partial charge in [-0.15, -0.1) is 0 Å². The number of rotatable bonds is 7. The summed E-state index contributed by atoms with van der Waals surface area (Å²) in [6, 6.07) is 18.4. The van der Waals surface area contributed by atoms with Crippen LogP contribution in [-0.2, 0) is 16.2 Å². The van der Waals surface area contributed by atoms with Crippen LogP contribution >= 0.6 is 22.6 Å². The molecule has 1 aliphatic rings. The summed E-state index contributed by atoms with van der Waals surface area (Å²) in [7, 11) is 1.48. The molecule has 172 valence electrons. The van der Waals surface area contributed by atoms with Gasteiger partial charge in [-0.25, -0.2) is 5.01 Å². The zero-order valence-electron chi connectivity index (χ0n) is 17.9. The second-order valence-corrected chi connectivity index (χ2v) is 8.39. The van der Waals surface area contributed by atoms with Gasteiger partial charge in [0.15, 0.2) is 11.5 Å². The molecule has 1 N–H and O–H groups in total. The molecule has 1 heterocycles. The fourth-order valence-electron chi connectivity index (χ4n) is 3.36. The Bertz CT molecular complexity index is 1310. The van der Waals surface area contributed by atoms with Crippen molar-refractivity contribution in [2.45, 2.75) is 6.61 Å². The van der Waals surface area contributed by atoms with Crippen molar-refractivity contribution in [3.8, 4) is 11.5 Å². The Morgan fingerprint density at radius 1 is 1.09 bits per heavy atom. The first-order chi connectivity index (χ1) is 16.4. The Hall–Kier alpha value is -3.93. The molecule has 3 aromatic carbocycles. The minimum absolute atomic E-state index is 0.00744. The van der Waals surface area contributed by atoms with E-state index in [1.807, 2.05) is 6.07 Å². The molecular weight excluding hydrogens is 553 g/mol. The van der Waals surface area contributed by atoms with Crippen molar-refractivity contribution in [3.63, 3.8) is 0 Å². The highest BCUT2D eigenvalue weighted by molar-refractivity contribution is 14.1. The highest BCUT2D eigenvalue weighted by atomic mass is 127. The molecular formula is C24H18IN3O6. The van der Waals surface area contributed by atoms with E-state index in [0.29, 0.717) is 31.9 Å². The molecule has 1 fully saturated rings. The molecule has 2 amide bonds. The van der Waals surface area contributed by atoms with Crippen molar-refractivity contribution in [3.05, 3.63) is 97.1 Å². The van der Waals surface area contributed by atoms with E-state index in [-0.39, 0.29) is 17.9 Å². The second-order valence-electron chi connectivity index (χ2n) is 7.22. The molecule has 0 atom stereocenters. The molecule has 9 nitrogen and oxygen atoms in total. The minimum atomic E-state index is -0.506. The number of nitrogens with one attached hydrogen (secondary N) is 1. The number of benzene rings is 3. The summed E-state index contributed by atoms with van der Waals surface area (Å²) in [6.45, 7) is 0.0986. The molecule has 1 saturated heterocycles. The molecule has 3 aromatic rings. The standard InChI is InChI=1S/C24H18IN3O6/c1-33-21-13-16(11-19-23(29)26-27(24(19)30)17-7-3-2-4-8-17)12-20(25)22(21)34-14-15-6-5-9-18(10-15)28(31)32/h2-13H,14H2,1H3,(H,26,29)/b19-11-. The quantitative estimate of drug-likeness (QED) is 0.149. The predicted octanol–water partition coefficient (Wildman–Crippen LogP) is 4.25. The molecule has 0 bridgehead atoms. The minimum Gasteiger partial charge on any atom is -0.493 e. The number of hydrogen-bond donors (Lipinski definition) is 1. The molecule has 0 aliphatic carbocycles. The zero-order valence-corrected chi connectivity index (χ0v) is 20.0. The number of amides is 2. The van der Waals surface area contributed by atoms with Crippen LogP contribution in [0, 0.1) is 13.7 Å². The van der Waals surface area contributed by atoms with Crippen LogP contribution in [0.25, 0.3) is 6.08 Å². The largest absolute Gasteiger partial charge is 0.493 e. The van der Waals surface area contributed by atoms with Crippen LogP contribution in [0.4, 0.5) is 11.4 Å². The maximum Gasteiger partial charge on any atom is 0.282 e. The summed E-state index contributed by atoms with van der Waals surface area (Å²) < 4.78 is 12.0. The number of hydrazine groups is 1. The van der Waals surface area contributed by atoms with Crippen LogP contribution in [0.5, 0.6) is 11.5 Å². The van der Waals surface area contributed by atoms with Gasteiger partial charge in [-0.3, -0.25) is 25.1 Å². The van der Waals surface area contributed by atoms with Crippen molar-refractivity contribution in [2.75, 3.05) is 12.1 Å². The maximum atomic E-state index is 12.8. The van der Waals surface area contributed by atoms with E-state index < -0.39 is 16.7 Å². The van der Waals surface area contributed by atoms with E-state index >= 15 is 0 Å². The van der Waals surface area contributed by atoms with Gasteiger partial charge in [0.05, 0.1) is 21.3 Å². The predicted molar refractivity (Wildman–Crippen MR) is 133 cm³/mol. The summed E-state index contributed by atoms with van der Waals surface area (Å²) in [5.74, 6) is -0.121. The number of halogens is 1. The van der Waals surface area contributed by atoms with Gasteiger partial charge < -0.3 is 9.47 Å². The van der Waals surface area contributed by atoms with Crippen LogP contribution in [-0.4, -0.2) is 23.8 Å². The number of non-ortho nitro benzene ring substituents is 1. The summed E-state index contributed by atoms with van der Waals surface area (Å²) in [5, 5.41) is 12.2. The van der Waals surface area contributed by atoms with Crippen molar-refractivity contribution in [2.24, 2.45) is 0 Å². The number of nitrogens with zero attached hydrogens (tertiary/aromatic N) is 2. The first-order valence-corrected chi connectivity index (χ1v) is 11.1. The van der Waals surface area contributed by atoms with E-state index in [1.54, 1.807) is 48.5 Å². The van der Waals surface area contributed by atoms with E-state index in [0.717, 1.165) is 0 Å². The van der Waals surface area contributed by atoms with Gasteiger partial charge in [-0.05, 0) is 64.1 Å². The van der Waals surface area contributed by atoms with Crippen LogP contribution in [0.3, 0.4) is 0 Å². The molecule has 34 heavy (non-hydrogen) atoms. The molecule has 0 spiro atoms. The first kappa shape index (κ1) is 23.2. The van der Waals surface area contributed by atoms with Gasteiger partial charge in [0, 0.05) is 12.1 Å². The summed E-state index contributed by atoms with van der Waals surface area (Å²) in [4.78, 5) is 35.8. The Kier molecular flexibility index (Phi) is 6.77. The Morgan fingerprint density at radius 2 is 1.85 bits per heavy atom. The molecule has 0 aromatic heterocycles. The average Bonchev–Trinajstić information content (AvgIpc) is 3.12. The first-order valence-electron chi connectivity index (χ1n) is 10.0. The number of nitro groups is 1. The van der Waals surface area contributed by atoms with E-state index in [4.69, 9.17) is 9.47 Å². The highest BCUT2D eigenvalue weighted by Gasteiger charge is 2.34. The Labute approximate surface area is 208 Å². The monoisotopic (exact) mass is 571 g/mol. The molecule has 1 aliphatic heterocycles. The van der Waals surface area contributed by atoms with Crippen LogP contribution < -0.4 is 19.9 Å². The van der Waals surface area contributed by atoms with Crippen LogP contribution in [0.2, 0.25) is 0 Å². The highest BCUT2D eigenvalue weighted by Crippen LogP contribution is 2.35. The summed E-state index contributed by atoms with van der Waals surface area (Å²) in [5.41, 5.74) is 4.31. The van der Waals surface area contributed by atoms with Crippen molar-refractivity contribution in [1.29, 1.82) is 0 Å². The number of carbonyl (C=O) groups is 2. The van der Waals surface area contributed by atoms with Gasteiger partial charge >= 0.3 is 0 Å². The van der Waals surface area contributed by atoms with Gasteiger partial charge in [0.1, 0.15) is 12.2 Å². The Morgan fingerprint density at radius 3 is 2.56 bits per heavy atom. The number of nitro benzene ring substituents is 1. The lowest BCUT2D eigenvalue weighted by molar-refractivity contribution is -0.384. The SMILES string of the molecule is COc1cc(/C=C2/C(=O)NN(c3ccccc3)C2=O)cc(I)c1OCc1cccc([N+](=O)[O-])c1. The second kappa shape index (κ2) is 9.91. The average molecular weight is 571 g/mol. The van der Waals surface area contributed by atoms with E-state index in [9.17, 15) is 19.7 Å². The lowest BCUT2D eigenvalue weighted by Gasteiger charge is -2.14. The van der Waals surface area contributed by atoms with Gasteiger partial charge in [-0.2, -0.15) is 0 Å². The number of anilines is 1. The molecule has 0 saturated carbocycles. The lowest BCUT2D eigenvalue weighted by atomic mass is 10.1. The van der Waals surface area contributed by atoms with E-state index in [2.05, 4.69) is 28.0 Å². The van der Waals surface area contributed by atoms with Crippen LogP contribution in [0.15, 0.2) is 72.3 Å². The maximum absolute atomic E-state index is 12.8. The van der Waals surface area contributed by atoms with Gasteiger partial charge in [0.25, 0.3) is 17.5 Å². The van der Waals surface area contributed by atoms with Gasteiger partial charge in [-0.1, -0.05) is 30.3 Å². The molecule has 0 radical (unpaired) electrons. The number of methoxy groups -OCH3 is 1. The fourth-order valence-corrected chi connectivity index (χ4v) is 4.14. The summed E-state index contributed by atoms with van der Waals surface area (Å²) in [6.07, 6.45) is 1.50. The third-order valence-electron chi connectivity index (χ3n) is 4.97. The van der Waals surface area contributed by atoms with Gasteiger partial charge in [0.2, 0.25) is 0 Å². The number of ether oxygens (including phenoxy) is 2. The topological polar surface area (TPSA) is 111 Å². The number of carbonyl (C=O) groups excluding carboxylic acids is 2. The molecule has 4 rings (SSSR count).